The van der Waals surface area contributed by atoms with Gasteiger partial charge in [0, 0.05) is 19.8 Å². The summed E-state index contributed by atoms with van der Waals surface area (Å²) in [5.74, 6) is -0.547. The lowest BCUT2D eigenvalue weighted by molar-refractivity contribution is -0.142. The average Bonchev–Trinajstić information content (AvgIpc) is 2.64. The Morgan fingerprint density at radius 1 is 1.38 bits per heavy atom. The minimum atomic E-state index is -0.756. The first kappa shape index (κ1) is 19.8. The maximum Gasteiger partial charge on any atom is 0.326 e. The molecule has 3 amide bonds. The number of amides is 3. The predicted molar refractivity (Wildman–Crippen MR) is 102 cm³/mol. The molecule has 0 saturated carbocycles. The van der Waals surface area contributed by atoms with Crippen molar-refractivity contribution in [3.05, 3.63) is 35.6 Å². The molecule has 0 N–H and O–H groups in total. The van der Waals surface area contributed by atoms with Gasteiger partial charge in [-0.2, -0.15) is 0 Å². The molecular weight excluding hydrogens is 330 g/mol. The molecule has 6 nitrogen and oxygen atoms in total. The molecule has 2 aliphatic rings. The van der Waals surface area contributed by atoms with Gasteiger partial charge in [0.05, 0.1) is 12.0 Å². The van der Waals surface area contributed by atoms with Crippen molar-refractivity contribution in [3.63, 3.8) is 0 Å². The zero-order chi connectivity index (χ0) is 19.3. The van der Waals surface area contributed by atoms with Crippen molar-refractivity contribution in [1.82, 2.24) is 9.80 Å². The van der Waals surface area contributed by atoms with Crippen molar-refractivity contribution in [3.8, 4) is 0 Å². The largest absolute Gasteiger partial charge is 0.326 e. The van der Waals surface area contributed by atoms with Gasteiger partial charge in [-0.3, -0.25) is 19.5 Å². The summed E-state index contributed by atoms with van der Waals surface area (Å²) in [5, 5.41) is 0. The van der Waals surface area contributed by atoms with Crippen molar-refractivity contribution in [2.75, 3.05) is 20.1 Å². The quantitative estimate of drug-likeness (QED) is 0.317. The number of hydrogen-bond donors (Lipinski definition) is 0. The Hall–Kier alpha value is -2.50. The minimum Gasteiger partial charge on any atom is -0.326 e. The van der Waals surface area contributed by atoms with Crippen molar-refractivity contribution < 1.29 is 14.4 Å². The van der Waals surface area contributed by atoms with Crippen molar-refractivity contribution in [2.45, 2.75) is 39.5 Å². The Bertz CT molecular complexity index is 705. The van der Waals surface area contributed by atoms with E-state index >= 15 is 0 Å². The second-order valence-corrected chi connectivity index (χ2v) is 7.13. The predicted octanol–water partition coefficient (Wildman–Crippen LogP) is 3.12. The van der Waals surface area contributed by atoms with Crippen LogP contribution in [0.3, 0.4) is 0 Å². The van der Waals surface area contributed by atoms with Gasteiger partial charge in [0.2, 0.25) is 5.91 Å². The number of Topliss-reactive ketones (excluding diaryl/α,β-unsaturated/α-hetero) is 1. The Morgan fingerprint density at radius 3 is 2.73 bits per heavy atom. The van der Waals surface area contributed by atoms with E-state index in [0.717, 1.165) is 36.2 Å². The van der Waals surface area contributed by atoms with Gasteiger partial charge in [0.25, 0.3) is 0 Å². The number of urea groups is 1. The summed E-state index contributed by atoms with van der Waals surface area (Å²) in [6.07, 6.45) is 10.8. The number of aliphatic imine (C=N–C) groups is 1. The molecule has 0 aromatic heterocycles. The van der Waals surface area contributed by atoms with Gasteiger partial charge >= 0.3 is 6.03 Å². The molecule has 1 fully saturated rings. The Morgan fingerprint density at radius 2 is 2.12 bits per heavy atom. The highest BCUT2D eigenvalue weighted by atomic mass is 16.2. The van der Waals surface area contributed by atoms with Crippen LogP contribution in [-0.4, -0.2) is 54.4 Å². The van der Waals surface area contributed by atoms with Crippen LogP contribution < -0.4 is 0 Å². The topological polar surface area (TPSA) is 70.1 Å². The van der Waals surface area contributed by atoms with Crippen LogP contribution in [0.25, 0.3) is 0 Å². The van der Waals surface area contributed by atoms with Crippen LogP contribution in [-0.2, 0) is 9.59 Å². The van der Waals surface area contributed by atoms with Gasteiger partial charge in [-0.25, -0.2) is 4.79 Å². The molecule has 2 rings (SSSR count). The summed E-state index contributed by atoms with van der Waals surface area (Å²) in [5.41, 5.74) is 0.781. The molecule has 140 valence electrons. The van der Waals surface area contributed by atoms with Crippen molar-refractivity contribution in [1.29, 1.82) is 0 Å². The molecule has 0 aromatic carbocycles. The molecular formula is C20H27N3O3. The summed E-state index contributed by atoms with van der Waals surface area (Å²) < 4.78 is 0. The lowest BCUT2D eigenvalue weighted by Crippen LogP contribution is -2.61. The van der Waals surface area contributed by atoms with Gasteiger partial charge < -0.3 is 4.90 Å². The third-order valence-electron chi connectivity index (χ3n) is 5.11. The first-order chi connectivity index (χ1) is 12.3. The van der Waals surface area contributed by atoms with Crippen molar-refractivity contribution >= 4 is 24.4 Å². The second-order valence-electron chi connectivity index (χ2n) is 7.13. The van der Waals surface area contributed by atoms with E-state index in [1.807, 2.05) is 6.92 Å². The molecule has 0 radical (unpaired) electrons. The van der Waals surface area contributed by atoms with Gasteiger partial charge in [0.15, 0.2) is 5.78 Å². The highest BCUT2D eigenvalue weighted by Gasteiger charge is 2.48. The van der Waals surface area contributed by atoms with E-state index in [2.05, 4.69) is 17.8 Å². The van der Waals surface area contributed by atoms with Gasteiger partial charge in [0.1, 0.15) is 0 Å². The fraction of sp³-hybridized carbons (Fsp3) is 0.500. The van der Waals surface area contributed by atoms with Gasteiger partial charge in [-0.1, -0.05) is 17.7 Å². The molecule has 1 heterocycles. The Labute approximate surface area is 154 Å². The smallest absolute Gasteiger partial charge is 0.326 e. The highest BCUT2D eigenvalue weighted by molar-refractivity contribution is 6.07. The summed E-state index contributed by atoms with van der Waals surface area (Å²) >= 11 is 0. The standard InChI is InChI=1S/C20H27N3O3/c1-15(9-8-12-21-3)17(24)13-23-18(25)20(2,14-22(4)19(23)26)16-10-6-5-7-11-16/h8-10,12H,3,5-7,11,13-14H2,1-2,4H3/b12-8-,15-9+. The lowest BCUT2D eigenvalue weighted by atomic mass is 9.74. The minimum absolute atomic E-state index is 0.247. The van der Waals surface area contributed by atoms with Gasteiger partial charge in [-0.05, 0) is 57.9 Å². The fourth-order valence-corrected chi connectivity index (χ4v) is 3.53. The zero-order valence-electron chi connectivity index (χ0n) is 15.8. The third-order valence-corrected chi connectivity index (χ3v) is 5.11. The van der Waals surface area contributed by atoms with Crippen molar-refractivity contribution in [2.24, 2.45) is 10.4 Å². The third kappa shape index (κ3) is 4.00. The van der Waals surface area contributed by atoms with E-state index < -0.39 is 11.4 Å². The van der Waals surface area contributed by atoms with E-state index in [1.165, 1.54) is 11.1 Å². The first-order valence-corrected chi connectivity index (χ1v) is 8.90. The number of allylic oxidation sites excluding steroid dienone is 3. The van der Waals surface area contributed by atoms with E-state index in [9.17, 15) is 14.4 Å². The molecule has 26 heavy (non-hydrogen) atoms. The van der Waals surface area contributed by atoms with E-state index in [-0.39, 0.29) is 18.2 Å². The average molecular weight is 357 g/mol. The number of nitrogens with zero attached hydrogens (tertiary/aromatic N) is 3. The fourth-order valence-electron chi connectivity index (χ4n) is 3.53. The number of ketones is 1. The Kier molecular flexibility index (Phi) is 6.29. The number of hydrogen-bond acceptors (Lipinski definition) is 4. The number of carbonyl (C=O) groups is 3. The summed E-state index contributed by atoms with van der Waals surface area (Å²) in [4.78, 5) is 44.3. The summed E-state index contributed by atoms with van der Waals surface area (Å²) in [7, 11) is 1.68. The molecule has 1 aliphatic carbocycles. The molecule has 1 atom stereocenters. The van der Waals surface area contributed by atoms with Crippen LogP contribution in [0.5, 0.6) is 0 Å². The van der Waals surface area contributed by atoms with Crippen LogP contribution in [0, 0.1) is 5.41 Å². The van der Waals surface area contributed by atoms with Crippen LogP contribution >= 0.6 is 0 Å². The lowest BCUT2D eigenvalue weighted by Gasteiger charge is -2.44. The Balaban J connectivity index is 2.24. The summed E-state index contributed by atoms with van der Waals surface area (Å²) in [6.45, 7) is 6.97. The zero-order valence-corrected chi connectivity index (χ0v) is 15.8. The van der Waals surface area contributed by atoms with Gasteiger partial charge in [-0.15, -0.1) is 0 Å². The second kappa shape index (κ2) is 8.25. The molecule has 6 heteroatoms. The monoisotopic (exact) mass is 357 g/mol. The van der Waals surface area contributed by atoms with Crippen LogP contribution in [0.1, 0.15) is 39.5 Å². The van der Waals surface area contributed by atoms with E-state index in [0.29, 0.717) is 12.1 Å². The number of rotatable bonds is 6. The molecule has 1 saturated heterocycles. The SMILES string of the molecule is C=N/C=C\C=C(/C)C(=O)CN1C(=O)N(C)CC(C)(C2=CCCCC2)C1=O. The van der Waals surface area contributed by atoms with Crippen LogP contribution in [0.2, 0.25) is 0 Å². The van der Waals surface area contributed by atoms with Crippen LogP contribution in [0.15, 0.2) is 40.6 Å². The molecule has 1 unspecified atom stereocenters. The summed E-state index contributed by atoms with van der Waals surface area (Å²) in [6, 6.07) is -0.423. The maximum absolute atomic E-state index is 13.1. The molecule has 0 spiro atoms. The molecule has 1 aliphatic heterocycles. The first-order valence-electron chi connectivity index (χ1n) is 8.90. The van der Waals surface area contributed by atoms with E-state index in [4.69, 9.17) is 0 Å². The van der Waals surface area contributed by atoms with E-state index in [1.54, 1.807) is 26.1 Å². The molecule has 0 aromatic rings. The highest BCUT2D eigenvalue weighted by Crippen LogP contribution is 2.39. The normalized spacial score (nSPS) is 24.9. The number of carbonyl (C=O) groups excluding carboxylic acids is 3. The number of imide groups is 1. The maximum atomic E-state index is 13.1. The molecule has 0 bridgehead atoms. The van der Waals surface area contributed by atoms with Crippen LogP contribution in [0.4, 0.5) is 4.79 Å².